The van der Waals surface area contributed by atoms with E-state index in [0.717, 1.165) is 64.2 Å². The Morgan fingerprint density at radius 1 is 0.328 bits per heavy atom. The first-order valence-corrected chi connectivity index (χ1v) is 26.9. The van der Waals surface area contributed by atoms with Crippen molar-refractivity contribution in [3.63, 3.8) is 0 Å². The van der Waals surface area contributed by atoms with Gasteiger partial charge in [-0.3, -0.25) is 14.4 Å². The molecule has 0 aromatic rings. The topological polar surface area (TPSA) is 78.9 Å². The van der Waals surface area contributed by atoms with Gasteiger partial charge in [-0.2, -0.15) is 0 Å². The lowest BCUT2D eigenvalue weighted by molar-refractivity contribution is -0.167. The summed E-state index contributed by atoms with van der Waals surface area (Å²) in [4.78, 5) is 38.0. The minimum Gasteiger partial charge on any atom is -0.462 e. The Bertz CT molecular complexity index is 989. The third kappa shape index (κ3) is 48.8. The van der Waals surface area contributed by atoms with Gasteiger partial charge in [0.05, 0.1) is 0 Å². The molecule has 0 aliphatic carbocycles. The first-order chi connectivity index (χ1) is 30.0. The number of allylic oxidation sites excluding steroid dienone is 4. The first kappa shape index (κ1) is 58.9. The van der Waals surface area contributed by atoms with E-state index >= 15 is 0 Å². The zero-order chi connectivity index (χ0) is 44.4. The summed E-state index contributed by atoms with van der Waals surface area (Å²) in [7, 11) is 0. The van der Waals surface area contributed by atoms with Crippen LogP contribution in [0.3, 0.4) is 0 Å². The van der Waals surface area contributed by atoms with Gasteiger partial charge in [0.1, 0.15) is 13.2 Å². The number of esters is 3. The van der Waals surface area contributed by atoms with Crippen LogP contribution in [0.2, 0.25) is 0 Å². The summed E-state index contributed by atoms with van der Waals surface area (Å²) >= 11 is 0. The molecule has 0 aromatic carbocycles. The van der Waals surface area contributed by atoms with Crippen molar-refractivity contribution >= 4 is 17.9 Å². The van der Waals surface area contributed by atoms with Crippen molar-refractivity contribution in [2.45, 2.75) is 297 Å². The second kappa shape index (κ2) is 50.5. The zero-order valence-electron chi connectivity index (χ0n) is 40.9. The summed E-state index contributed by atoms with van der Waals surface area (Å²) in [5.41, 5.74) is 0. The van der Waals surface area contributed by atoms with Crippen LogP contribution >= 0.6 is 0 Å². The van der Waals surface area contributed by atoms with Crippen LogP contribution in [0, 0.1) is 0 Å². The van der Waals surface area contributed by atoms with Crippen LogP contribution in [-0.4, -0.2) is 37.2 Å². The van der Waals surface area contributed by atoms with E-state index in [9.17, 15) is 14.4 Å². The van der Waals surface area contributed by atoms with E-state index in [0.29, 0.717) is 19.3 Å². The van der Waals surface area contributed by atoms with Crippen LogP contribution in [0.25, 0.3) is 0 Å². The molecule has 0 bridgehead atoms. The van der Waals surface area contributed by atoms with E-state index in [-0.39, 0.29) is 31.1 Å². The summed E-state index contributed by atoms with van der Waals surface area (Å²) < 4.78 is 16.8. The van der Waals surface area contributed by atoms with E-state index in [1.807, 2.05) is 0 Å². The molecule has 0 aliphatic heterocycles. The van der Waals surface area contributed by atoms with Gasteiger partial charge in [-0.15, -0.1) is 0 Å². The summed E-state index contributed by atoms with van der Waals surface area (Å²) in [5, 5.41) is 0. The van der Waals surface area contributed by atoms with Gasteiger partial charge >= 0.3 is 17.9 Å². The first-order valence-electron chi connectivity index (χ1n) is 26.9. The van der Waals surface area contributed by atoms with Crippen molar-refractivity contribution in [2.75, 3.05) is 13.2 Å². The van der Waals surface area contributed by atoms with Crippen molar-refractivity contribution in [3.05, 3.63) is 24.3 Å². The van der Waals surface area contributed by atoms with Gasteiger partial charge in [0.2, 0.25) is 0 Å². The molecule has 61 heavy (non-hydrogen) atoms. The van der Waals surface area contributed by atoms with Gasteiger partial charge in [-0.1, -0.05) is 251 Å². The summed E-state index contributed by atoms with van der Waals surface area (Å²) in [6, 6.07) is 0. The van der Waals surface area contributed by atoms with Gasteiger partial charge in [0, 0.05) is 19.3 Å². The molecule has 0 heterocycles. The molecule has 0 spiro atoms. The fraction of sp³-hybridized carbons (Fsp3) is 0.873. The molecule has 0 saturated heterocycles. The number of carbonyl (C=O) groups is 3. The minimum atomic E-state index is -0.771. The fourth-order valence-corrected chi connectivity index (χ4v) is 7.91. The Morgan fingerprint density at radius 3 is 0.902 bits per heavy atom. The maximum atomic E-state index is 12.8. The minimum absolute atomic E-state index is 0.0710. The molecule has 0 radical (unpaired) electrons. The van der Waals surface area contributed by atoms with Crippen molar-refractivity contribution < 1.29 is 28.6 Å². The van der Waals surface area contributed by atoms with Gasteiger partial charge in [0.15, 0.2) is 6.10 Å². The normalized spacial score (nSPS) is 12.1. The summed E-state index contributed by atoms with van der Waals surface area (Å²) in [5.74, 6) is -0.866. The number of hydrogen-bond donors (Lipinski definition) is 0. The largest absolute Gasteiger partial charge is 0.462 e. The van der Waals surface area contributed by atoms with Crippen molar-refractivity contribution in [1.29, 1.82) is 0 Å². The van der Waals surface area contributed by atoms with Crippen LogP contribution in [-0.2, 0) is 28.6 Å². The maximum absolute atomic E-state index is 12.8. The van der Waals surface area contributed by atoms with E-state index in [1.165, 1.54) is 186 Å². The summed E-state index contributed by atoms with van der Waals surface area (Å²) in [6.07, 6.45) is 57.3. The second-order valence-electron chi connectivity index (χ2n) is 18.2. The van der Waals surface area contributed by atoms with Crippen molar-refractivity contribution in [3.8, 4) is 0 Å². The molecule has 0 N–H and O–H groups in total. The van der Waals surface area contributed by atoms with Crippen LogP contribution in [0.1, 0.15) is 290 Å². The van der Waals surface area contributed by atoms with E-state index < -0.39 is 6.10 Å². The molecule has 6 nitrogen and oxygen atoms in total. The van der Waals surface area contributed by atoms with Crippen molar-refractivity contribution in [2.24, 2.45) is 0 Å². The number of ether oxygens (including phenoxy) is 3. The predicted octanol–water partition coefficient (Wildman–Crippen LogP) is 17.5. The highest BCUT2D eigenvalue weighted by Gasteiger charge is 2.19. The lowest BCUT2D eigenvalue weighted by Crippen LogP contribution is -2.30. The molecule has 0 aromatic heterocycles. The van der Waals surface area contributed by atoms with Crippen LogP contribution in [0.5, 0.6) is 0 Å². The summed E-state index contributed by atoms with van der Waals surface area (Å²) in [6.45, 7) is 6.63. The van der Waals surface area contributed by atoms with Gasteiger partial charge in [-0.05, 0) is 44.9 Å². The Balaban J connectivity index is 4.34. The zero-order valence-corrected chi connectivity index (χ0v) is 40.9. The van der Waals surface area contributed by atoms with E-state index in [2.05, 4.69) is 45.1 Å². The van der Waals surface area contributed by atoms with Gasteiger partial charge < -0.3 is 14.2 Å². The van der Waals surface area contributed by atoms with E-state index in [4.69, 9.17) is 14.2 Å². The Kier molecular flexibility index (Phi) is 48.8. The van der Waals surface area contributed by atoms with Crippen molar-refractivity contribution in [1.82, 2.24) is 0 Å². The molecule has 1 atom stereocenters. The smallest absolute Gasteiger partial charge is 0.306 e. The quantitative estimate of drug-likeness (QED) is 0.0262. The molecular formula is C55H102O6. The Morgan fingerprint density at radius 2 is 0.574 bits per heavy atom. The molecular weight excluding hydrogens is 757 g/mol. The molecule has 0 amide bonds. The lowest BCUT2D eigenvalue weighted by Gasteiger charge is -2.18. The second-order valence-corrected chi connectivity index (χ2v) is 18.2. The highest BCUT2D eigenvalue weighted by atomic mass is 16.6. The highest BCUT2D eigenvalue weighted by Crippen LogP contribution is 2.16. The number of rotatable bonds is 49. The highest BCUT2D eigenvalue weighted by molar-refractivity contribution is 5.71. The van der Waals surface area contributed by atoms with Crippen LogP contribution in [0.15, 0.2) is 24.3 Å². The maximum Gasteiger partial charge on any atom is 0.306 e. The number of carbonyl (C=O) groups excluding carboxylic acids is 3. The fourth-order valence-electron chi connectivity index (χ4n) is 7.91. The Labute approximate surface area is 379 Å². The molecule has 1 unspecified atom stereocenters. The molecule has 0 fully saturated rings. The third-order valence-electron chi connectivity index (χ3n) is 12.0. The van der Waals surface area contributed by atoms with Crippen LogP contribution in [0.4, 0.5) is 0 Å². The molecule has 0 saturated carbocycles. The lowest BCUT2D eigenvalue weighted by atomic mass is 10.0. The number of unbranched alkanes of at least 4 members (excludes halogenated alkanes) is 35. The van der Waals surface area contributed by atoms with Crippen LogP contribution < -0.4 is 0 Å². The standard InChI is InChI=1S/C55H102O6/c1-4-7-10-13-16-19-22-25-27-29-30-33-36-39-42-45-48-54(57)60-51-52(50-59-53(56)47-44-41-38-35-32-24-21-18-15-12-9-6-3)61-55(58)49-46-43-40-37-34-31-28-26-23-20-17-14-11-8-5-2/h17,20,23,26,52H,4-16,18-19,21-22,24-25,27-51H2,1-3H3/b20-17-,26-23-. The average molecular weight is 859 g/mol. The SMILES string of the molecule is CCCCC/C=C\C=C/CCCCCCCCC(=O)OC(COC(=O)CCCCCCCCCCCCCC)COC(=O)CCCCCCCCCCCCCCCCCC. The Hall–Kier alpha value is -2.11. The predicted molar refractivity (Wildman–Crippen MR) is 261 cm³/mol. The molecule has 6 heteroatoms. The van der Waals surface area contributed by atoms with Gasteiger partial charge in [-0.25, -0.2) is 0 Å². The number of hydrogen-bond acceptors (Lipinski definition) is 6. The molecule has 0 rings (SSSR count). The monoisotopic (exact) mass is 859 g/mol. The molecule has 0 aliphatic rings. The molecule has 358 valence electrons. The van der Waals surface area contributed by atoms with E-state index in [1.54, 1.807) is 0 Å². The average Bonchev–Trinajstić information content (AvgIpc) is 3.26. The third-order valence-corrected chi connectivity index (χ3v) is 12.0. The van der Waals surface area contributed by atoms with Gasteiger partial charge in [0.25, 0.3) is 0 Å².